The Balaban J connectivity index is 1.78. The largest absolute Gasteiger partial charge is 0.388 e. The van der Waals surface area contributed by atoms with Gasteiger partial charge in [0.25, 0.3) is 10.1 Å². The maximum Gasteiger partial charge on any atom is 0.297 e. The van der Waals surface area contributed by atoms with E-state index in [0.29, 0.717) is 0 Å². The maximum atomic E-state index is 12.6. The van der Waals surface area contributed by atoms with Gasteiger partial charge < -0.3 is 19.3 Å². The third-order valence-corrected chi connectivity index (χ3v) is 6.53. The predicted molar refractivity (Wildman–Crippen MR) is 123 cm³/mol. The molecule has 0 spiro atoms. The van der Waals surface area contributed by atoms with E-state index >= 15 is 0 Å². The highest BCUT2D eigenvalue weighted by Crippen LogP contribution is 2.33. The van der Waals surface area contributed by atoms with Gasteiger partial charge in [-0.1, -0.05) is 53.1 Å². The lowest BCUT2D eigenvalue weighted by molar-refractivity contribution is -0.174. The van der Waals surface area contributed by atoms with Gasteiger partial charge >= 0.3 is 0 Å². The second kappa shape index (κ2) is 11.3. The molecule has 4 unspecified atom stereocenters. The summed E-state index contributed by atoms with van der Waals surface area (Å²) in [5.74, 6) is -1.02. The first-order valence-electron chi connectivity index (χ1n) is 10.8. The van der Waals surface area contributed by atoms with Crippen LogP contribution in [0.1, 0.15) is 25.0 Å². The number of rotatable bonds is 11. The van der Waals surface area contributed by atoms with Crippen molar-refractivity contribution < 1.29 is 31.9 Å². The van der Waals surface area contributed by atoms with Gasteiger partial charge in [-0.2, -0.15) is 8.42 Å². The average Bonchev–Trinajstić information content (AvgIpc) is 3.11. The van der Waals surface area contributed by atoms with Gasteiger partial charge in [-0.25, -0.2) is 0 Å². The zero-order chi connectivity index (χ0) is 24.8. The van der Waals surface area contributed by atoms with E-state index in [1.54, 1.807) is 26.0 Å². The van der Waals surface area contributed by atoms with Crippen LogP contribution in [0.3, 0.4) is 0 Å². The Morgan fingerprint density at radius 2 is 1.82 bits per heavy atom. The van der Waals surface area contributed by atoms with Gasteiger partial charge in [0.2, 0.25) is 0 Å². The molecule has 1 aliphatic rings. The van der Waals surface area contributed by atoms with Crippen molar-refractivity contribution >= 4 is 10.1 Å². The SMILES string of the molecule is Cc1ccc(S(=O)(=O)OCC(O)C(OCc2ccccc2)C2OC(C)(C)OC2CN=[N+]=[N-])cc1. The van der Waals surface area contributed by atoms with E-state index in [1.807, 2.05) is 37.3 Å². The van der Waals surface area contributed by atoms with E-state index in [0.717, 1.165) is 11.1 Å². The summed E-state index contributed by atoms with van der Waals surface area (Å²) in [5.41, 5.74) is 10.5. The molecule has 0 radical (unpaired) electrons. The topological polar surface area (TPSA) is 140 Å². The van der Waals surface area contributed by atoms with E-state index in [-0.39, 0.29) is 18.0 Å². The first kappa shape index (κ1) is 26.1. The lowest BCUT2D eigenvalue weighted by Crippen LogP contribution is -2.47. The molecular formula is C23H29N3O7S. The third kappa shape index (κ3) is 7.00. The number of benzene rings is 2. The molecule has 10 nitrogen and oxygen atoms in total. The number of hydrogen-bond donors (Lipinski definition) is 1. The standard InChI is InChI=1S/C23H29N3O7S/c1-16-9-11-18(12-10-16)34(28,29)31-15-19(27)21(30-14-17-7-5-4-6-8-17)22-20(13-25-26-24)32-23(2,3)33-22/h4-12,19-22,27H,13-15H2,1-3H3. The van der Waals surface area contributed by atoms with Crippen molar-refractivity contribution in [2.45, 2.75) is 62.5 Å². The van der Waals surface area contributed by atoms with Gasteiger partial charge in [-0.05, 0) is 44.0 Å². The van der Waals surface area contributed by atoms with Crippen molar-refractivity contribution in [3.05, 3.63) is 76.2 Å². The second-order valence-corrected chi connectivity index (χ2v) is 10.0. The molecule has 1 heterocycles. The van der Waals surface area contributed by atoms with Crippen LogP contribution in [-0.4, -0.2) is 56.9 Å². The molecule has 1 saturated heterocycles. The molecule has 0 bridgehead atoms. The van der Waals surface area contributed by atoms with Crippen molar-refractivity contribution in [3.63, 3.8) is 0 Å². The Hall–Kier alpha value is -2.50. The summed E-state index contributed by atoms with van der Waals surface area (Å²) < 4.78 is 48.1. The zero-order valence-corrected chi connectivity index (χ0v) is 20.1. The van der Waals surface area contributed by atoms with E-state index in [4.69, 9.17) is 23.9 Å². The highest BCUT2D eigenvalue weighted by Gasteiger charge is 2.47. The molecule has 2 aromatic carbocycles. The Kier molecular flexibility index (Phi) is 8.67. The molecule has 34 heavy (non-hydrogen) atoms. The van der Waals surface area contributed by atoms with E-state index in [1.165, 1.54) is 12.1 Å². The number of azide groups is 1. The highest BCUT2D eigenvalue weighted by molar-refractivity contribution is 7.86. The average molecular weight is 492 g/mol. The van der Waals surface area contributed by atoms with E-state index in [2.05, 4.69) is 10.0 Å². The van der Waals surface area contributed by atoms with Gasteiger partial charge in [0.15, 0.2) is 5.79 Å². The first-order valence-corrected chi connectivity index (χ1v) is 12.2. The van der Waals surface area contributed by atoms with Crippen LogP contribution in [0.5, 0.6) is 0 Å². The molecule has 0 saturated carbocycles. The molecule has 0 aliphatic carbocycles. The van der Waals surface area contributed by atoms with Crippen molar-refractivity contribution in [1.29, 1.82) is 0 Å². The van der Waals surface area contributed by atoms with Gasteiger partial charge in [-0.3, -0.25) is 4.18 Å². The van der Waals surface area contributed by atoms with Crippen LogP contribution in [0, 0.1) is 6.92 Å². The monoisotopic (exact) mass is 491 g/mol. The van der Waals surface area contributed by atoms with Gasteiger partial charge in [0.05, 0.1) is 30.8 Å². The van der Waals surface area contributed by atoms with Crippen molar-refractivity contribution in [2.75, 3.05) is 13.2 Å². The zero-order valence-electron chi connectivity index (χ0n) is 19.3. The number of aliphatic hydroxyl groups is 1. The summed E-state index contributed by atoms with van der Waals surface area (Å²) in [5, 5.41) is 14.5. The molecule has 11 heteroatoms. The van der Waals surface area contributed by atoms with Gasteiger partial charge in [0.1, 0.15) is 18.3 Å². The Morgan fingerprint density at radius 1 is 1.15 bits per heavy atom. The molecule has 1 aliphatic heterocycles. The van der Waals surface area contributed by atoms with E-state index in [9.17, 15) is 13.5 Å². The lowest BCUT2D eigenvalue weighted by Gasteiger charge is -2.30. The van der Waals surface area contributed by atoms with Crippen LogP contribution in [0.25, 0.3) is 10.4 Å². The van der Waals surface area contributed by atoms with Crippen LogP contribution in [0.2, 0.25) is 0 Å². The predicted octanol–water partition coefficient (Wildman–Crippen LogP) is 3.48. The van der Waals surface area contributed by atoms with Crippen molar-refractivity contribution in [3.8, 4) is 0 Å². The summed E-state index contributed by atoms with van der Waals surface area (Å²) in [7, 11) is -4.10. The third-order valence-electron chi connectivity index (χ3n) is 5.24. The number of ether oxygens (including phenoxy) is 3. The van der Waals surface area contributed by atoms with Crippen molar-refractivity contribution in [1.82, 2.24) is 0 Å². The summed E-state index contributed by atoms with van der Waals surface area (Å²) >= 11 is 0. The van der Waals surface area contributed by atoms with Gasteiger partial charge in [-0.15, -0.1) is 0 Å². The highest BCUT2D eigenvalue weighted by atomic mass is 32.2. The smallest absolute Gasteiger partial charge is 0.297 e. The Labute approximate surface area is 199 Å². The molecule has 2 aromatic rings. The maximum absolute atomic E-state index is 12.6. The summed E-state index contributed by atoms with van der Waals surface area (Å²) in [6.45, 7) is 4.73. The van der Waals surface area contributed by atoms with Crippen LogP contribution in [0.4, 0.5) is 0 Å². The van der Waals surface area contributed by atoms with Crippen LogP contribution in [0.15, 0.2) is 64.6 Å². The molecule has 1 fully saturated rings. The van der Waals surface area contributed by atoms with Crippen LogP contribution in [-0.2, 0) is 35.1 Å². The number of aliphatic hydroxyl groups excluding tert-OH is 1. The quantitative estimate of drug-likeness (QED) is 0.220. The minimum atomic E-state index is -4.10. The fourth-order valence-electron chi connectivity index (χ4n) is 3.62. The minimum Gasteiger partial charge on any atom is -0.388 e. The molecule has 4 atom stereocenters. The van der Waals surface area contributed by atoms with Crippen LogP contribution < -0.4 is 0 Å². The molecule has 3 rings (SSSR count). The number of aryl methyl sites for hydroxylation is 1. The van der Waals surface area contributed by atoms with Crippen molar-refractivity contribution in [2.24, 2.45) is 5.11 Å². The summed E-state index contributed by atoms with van der Waals surface area (Å²) in [6.07, 6.45) is -3.98. The molecule has 1 N–H and O–H groups in total. The Bertz CT molecular complexity index is 1090. The summed E-state index contributed by atoms with van der Waals surface area (Å²) in [6, 6.07) is 15.5. The molecule has 184 valence electrons. The van der Waals surface area contributed by atoms with Gasteiger partial charge in [0, 0.05) is 4.91 Å². The fraction of sp³-hybridized carbons (Fsp3) is 0.478. The fourth-order valence-corrected chi connectivity index (χ4v) is 4.54. The number of hydrogen-bond acceptors (Lipinski definition) is 8. The van der Waals surface area contributed by atoms with Crippen LogP contribution >= 0.6 is 0 Å². The lowest BCUT2D eigenvalue weighted by atomic mass is 10.0. The summed E-state index contributed by atoms with van der Waals surface area (Å²) in [4.78, 5) is 2.75. The second-order valence-electron chi connectivity index (χ2n) is 8.43. The molecular weight excluding hydrogens is 462 g/mol. The minimum absolute atomic E-state index is 0.0186. The first-order chi connectivity index (χ1) is 16.1. The number of nitrogens with zero attached hydrogens (tertiary/aromatic N) is 3. The Morgan fingerprint density at radius 3 is 2.47 bits per heavy atom. The normalized spacial score (nSPS) is 21.5. The molecule has 0 amide bonds. The van der Waals surface area contributed by atoms with E-state index < -0.39 is 46.9 Å². The molecule has 0 aromatic heterocycles.